The fraction of sp³-hybridized carbons (Fsp3) is 0.516. The zero-order valence-corrected chi connectivity index (χ0v) is 24.2. The first-order chi connectivity index (χ1) is 19.9. The summed E-state index contributed by atoms with van der Waals surface area (Å²) in [5.74, 6) is 3.30. The Balaban J connectivity index is 1.60. The van der Waals surface area contributed by atoms with E-state index in [0.29, 0.717) is 48.2 Å². The SMILES string of the molecule is C=CCOc1c(C)c2c(c3c1CC1C4c5c(cc(C)c(OC)c5OCOC)CC(C(C#N)N1[C@H]3CO)N4C)OCO2. The van der Waals surface area contributed by atoms with E-state index in [1.54, 1.807) is 20.3 Å². The molecule has 5 atom stereocenters. The molecule has 41 heavy (non-hydrogen) atoms. The van der Waals surface area contributed by atoms with Crippen molar-refractivity contribution in [1.82, 2.24) is 9.80 Å². The number of benzene rings is 2. The van der Waals surface area contributed by atoms with Gasteiger partial charge in [0, 0.05) is 41.4 Å². The summed E-state index contributed by atoms with van der Waals surface area (Å²) >= 11 is 0. The van der Waals surface area contributed by atoms with E-state index in [2.05, 4.69) is 35.6 Å². The number of aliphatic hydroxyl groups is 1. The zero-order valence-electron chi connectivity index (χ0n) is 24.2. The quantitative estimate of drug-likeness (QED) is 0.380. The summed E-state index contributed by atoms with van der Waals surface area (Å²) in [5.41, 5.74) is 5.78. The van der Waals surface area contributed by atoms with Crippen LogP contribution in [0.4, 0.5) is 0 Å². The van der Waals surface area contributed by atoms with Crippen LogP contribution in [0.2, 0.25) is 0 Å². The van der Waals surface area contributed by atoms with E-state index in [1.807, 2.05) is 13.8 Å². The minimum Gasteiger partial charge on any atom is -0.493 e. The first kappa shape index (κ1) is 27.7. The third kappa shape index (κ3) is 3.98. The van der Waals surface area contributed by atoms with Gasteiger partial charge in [0.05, 0.1) is 31.9 Å². The number of ether oxygens (including phenoxy) is 6. The first-order valence-electron chi connectivity index (χ1n) is 13.9. The Bertz CT molecular complexity index is 1420. The smallest absolute Gasteiger partial charge is 0.231 e. The second-order valence-corrected chi connectivity index (χ2v) is 11.1. The third-order valence-corrected chi connectivity index (χ3v) is 9.09. The highest BCUT2D eigenvalue weighted by Gasteiger charge is 2.56. The lowest BCUT2D eigenvalue weighted by atomic mass is 9.71. The molecule has 4 aliphatic heterocycles. The number of methoxy groups -OCH3 is 2. The van der Waals surface area contributed by atoms with Crippen molar-refractivity contribution in [3.05, 3.63) is 52.1 Å². The Morgan fingerprint density at radius 1 is 1.10 bits per heavy atom. The van der Waals surface area contributed by atoms with Crippen molar-refractivity contribution < 1.29 is 33.5 Å². The van der Waals surface area contributed by atoms with Crippen LogP contribution in [0.3, 0.4) is 0 Å². The summed E-state index contributed by atoms with van der Waals surface area (Å²) in [6.07, 6.45) is 2.93. The van der Waals surface area contributed by atoms with E-state index in [-0.39, 0.29) is 38.3 Å². The fourth-order valence-corrected chi connectivity index (χ4v) is 7.58. The highest BCUT2D eigenvalue weighted by atomic mass is 16.7. The average molecular weight is 564 g/mol. The second-order valence-electron chi connectivity index (χ2n) is 11.1. The van der Waals surface area contributed by atoms with Crippen molar-refractivity contribution in [1.29, 1.82) is 5.26 Å². The van der Waals surface area contributed by atoms with Gasteiger partial charge in [-0.1, -0.05) is 18.7 Å². The molecule has 2 bridgehead atoms. The molecule has 0 saturated carbocycles. The molecule has 10 heteroatoms. The normalized spacial score (nSPS) is 25.9. The molecule has 4 heterocycles. The Labute approximate surface area is 240 Å². The summed E-state index contributed by atoms with van der Waals surface area (Å²) < 4.78 is 35.6. The molecule has 1 N–H and O–H groups in total. The van der Waals surface area contributed by atoms with Gasteiger partial charge in [-0.2, -0.15) is 5.26 Å². The van der Waals surface area contributed by atoms with E-state index >= 15 is 0 Å². The summed E-state index contributed by atoms with van der Waals surface area (Å²) in [5, 5.41) is 21.6. The number of hydrogen-bond acceptors (Lipinski definition) is 10. The molecule has 0 aromatic heterocycles. The molecular weight excluding hydrogens is 526 g/mol. The van der Waals surface area contributed by atoms with E-state index < -0.39 is 12.1 Å². The van der Waals surface area contributed by atoms with Crippen LogP contribution in [0.1, 0.15) is 45.5 Å². The number of nitrogens with zero attached hydrogens (tertiary/aromatic N) is 3. The fourth-order valence-electron chi connectivity index (χ4n) is 7.58. The maximum absolute atomic E-state index is 11.0. The second kappa shape index (κ2) is 10.7. The van der Waals surface area contributed by atoms with Gasteiger partial charge in [0.15, 0.2) is 29.8 Å². The van der Waals surface area contributed by atoms with E-state index in [0.717, 1.165) is 33.4 Å². The third-order valence-electron chi connectivity index (χ3n) is 9.09. The Morgan fingerprint density at radius 3 is 2.56 bits per heavy atom. The van der Waals surface area contributed by atoms with Gasteiger partial charge in [-0.25, -0.2) is 0 Å². The molecule has 2 aromatic carbocycles. The van der Waals surface area contributed by atoms with Crippen LogP contribution in [0.15, 0.2) is 18.7 Å². The predicted molar refractivity (Wildman–Crippen MR) is 150 cm³/mol. The predicted octanol–water partition coefficient (Wildman–Crippen LogP) is 3.35. The molecule has 1 fully saturated rings. The number of aliphatic hydroxyl groups excluding tert-OH is 1. The van der Waals surface area contributed by atoms with Gasteiger partial charge in [0.1, 0.15) is 18.4 Å². The number of nitriles is 1. The van der Waals surface area contributed by atoms with Gasteiger partial charge in [-0.05, 0) is 44.9 Å². The standard InChI is InChI=1S/C31H37N3O7/c1-7-8-38-28-17(3)29-31(41-15-40-29)25-19(28)11-21-26-24-18(9-16(2)27(37-6)30(24)39-14-36-5)10-20(33(26)4)22(12-32)34(21)23(25)13-35/h7,9,20-23,26,35H,1,8,10-11,13-15H2,2-6H3/t20?,21?,22?,23-,26?/m0/s1. The first-order valence-corrected chi connectivity index (χ1v) is 13.9. The zero-order chi connectivity index (χ0) is 29.0. The summed E-state index contributed by atoms with van der Waals surface area (Å²) in [6.45, 7) is 8.11. The van der Waals surface area contributed by atoms with Crippen molar-refractivity contribution in [2.24, 2.45) is 0 Å². The van der Waals surface area contributed by atoms with Crippen LogP contribution in [0.25, 0.3) is 0 Å². The van der Waals surface area contributed by atoms with Crippen LogP contribution in [0, 0.1) is 25.2 Å². The van der Waals surface area contributed by atoms with Crippen LogP contribution in [-0.4, -0.2) is 81.1 Å². The number of fused-ring (bicyclic) bond motifs is 9. The molecule has 6 rings (SSSR count). The molecule has 218 valence electrons. The van der Waals surface area contributed by atoms with Crippen molar-refractivity contribution in [3.8, 4) is 34.8 Å². The van der Waals surface area contributed by atoms with Crippen molar-refractivity contribution in [2.45, 2.75) is 56.9 Å². The van der Waals surface area contributed by atoms with Gasteiger partial charge in [0.2, 0.25) is 6.79 Å². The summed E-state index contributed by atoms with van der Waals surface area (Å²) in [6, 6.07) is 3.36. The highest BCUT2D eigenvalue weighted by Crippen LogP contribution is 2.58. The number of hydrogen-bond donors (Lipinski definition) is 1. The maximum atomic E-state index is 11.0. The van der Waals surface area contributed by atoms with Gasteiger partial charge in [-0.15, -0.1) is 0 Å². The topological polar surface area (TPSA) is 106 Å². The summed E-state index contributed by atoms with van der Waals surface area (Å²) in [4.78, 5) is 4.50. The van der Waals surface area contributed by atoms with E-state index in [1.165, 1.54) is 0 Å². The lowest BCUT2D eigenvalue weighted by Gasteiger charge is -2.59. The Kier molecular flexibility index (Phi) is 7.24. The molecule has 1 saturated heterocycles. The molecule has 10 nitrogen and oxygen atoms in total. The Hall–Kier alpha value is -3.49. The van der Waals surface area contributed by atoms with Crippen molar-refractivity contribution >= 4 is 0 Å². The lowest BCUT2D eigenvalue weighted by Crippen LogP contribution is -2.68. The molecule has 2 aromatic rings. The maximum Gasteiger partial charge on any atom is 0.231 e. The highest BCUT2D eigenvalue weighted by molar-refractivity contribution is 5.66. The number of piperazine rings is 1. The minimum absolute atomic E-state index is 0.0750. The van der Waals surface area contributed by atoms with Crippen LogP contribution in [-0.2, 0) is 17.6 Å². The van der Waals surface area contributed by atoms with Crippen LogP contribution in [0.5, 0.6) is 28.7 Å². The summed E-state index contributed by atoms with van der Waals surface area (Å²) in [7, 11) is 5.32. The molecule has 4 unspecified atom stereocenters. The van der Waals surface area contributed by atoms with E-state index in [9.17, 15) is 10.4 Å². The van der Waals surface area contributed by atoms with Gasteiger partial charge in [0.25, 0.3) is 0 Å². The van der Waals surface area contributed by atoms with Gasteiger partial charge in [-0.3, -0.25) is 9.80 Å². The van der Waals surface area contributed by atoms with Crippen molar-refractivity contribution in [2.75, 3.05) is 48.1 Å². The number of likely N-dealkylation sites (N-methyl/N-ethyl adjacent to an activating group) is 1. The lowest BCUT2D eigenvalue weighted by molar-refractivity contribution is -0.0832. The monoisotopic (exact) mass is 563 g/mol. The van der Waals surface area contributed by atoms with Crippen molar-refractivity contribution in [3.63, 3.8) is 0 Å². The number of rotatable bonds is 8. The molecular formula is C31H37N3O7. The average Bonchev–Trinajstić information content (AvgIpc) is 3.46. The van der Waals surface area contributed by atoms with Crippen LogP contribution < -0.4 is 23.7 Å². The van der Waals surface area contributed by atoms with Gasteiger partial charge < -0.3 is 33.5 Å². The van der Waals surface area contributed by atoms with Crippen LogP contribution >= 0.6 is 0 Å². The molecule has 0 aliphatic carbocycles. The number of aryl methyl sites for hydroxylation is 1. The van der Waals surface area contributed by atoms with E-state index in [4.69, 9.17) is 28.4 Å². The largest absolute Gasteiger partial charge is 0.493 e. The Morgan fingerprint density at radius 2 is 1.88 bits per heavy atom. The molecule has 0 radical (unpaired) electrons. The molecule has 0 spiro atoms. The molecule has 4 aliphatic rings. The molecule has 0 amide bonds. The van der Waals surface area contributed by atoms with Gasteiger partial charge >= 0.3 is 0 Å². The minimum atomic E-state index is -0.494.